The predicted octanol–water partition coefficient (Wildman–Crippen LogP) is 16.8. The van der Waals surface area contributed by atoms with Crippen LogP contribution in [0.1, 0.15) is 152 Å². The topological polar surface area (TPSA) is 0 Å². The van der Waals surface area contributed by atoms with Crippen molar-refractivity contribution in [3.63, 3.8) is 0 Å². The highest BCUT2D eigenvalue weighted by atomic mass is 19.3. The zero-order valence-corrected chi connectivity index (χ0v) is 32.7. The van der Waals surface area contributed by atoms with Gasteiger partial charge < -0.3 is 0 Å². The van der Waals surface area contributed by atoms with Gasteiger partial charge in [0.1, 0.15) is 0 Å². The van der Waals surface area contributed by atoms with E-state index < -0.39 is 18.2 Å². The predicted molar refractivity (Wildman–Crippen MR) is 192 cm³/mol. The van der Waals surface area contributed by atoms with Crippen molar-refractivity contribution in [2.24, 2.45) is 0 Å². The monoisotopic (exact) mass is 641 g/mol. The summed E-state index contributed by atoms with van der Waals surface area (Å²) >= 11 is 0. The molecule has 0 N–H and O–H groups in total. The van der Waals surface area contributed by atoms with Crippen LogP contribution in [0.15, 0.2) is 92.7 Å². The summed E-state index contributed by atoms with van der Waals surface area (Å²) in [6, 6.07) is 0. The van der Waals surface area contributed by atoms with Crippen LogP contribution in [0.5, 0.6) is 0 Å². The molecule has 0 aromatic carbocycles. The number of halogens is 6. The zero-order valence-electron chi connectivity index (χ0n) is 32.7. The van der Waals surface area contributed by atoms with Crippen LogP contribution in [0.3, 0.4) is 0 Å². The van der Waals surface area contributed by atoms with E-state index in [0.717, 1.165) is 0 Å². The average molecular weight is 641 g/mol. The first kappa shape index (κ1) is 60.7. The lowest BCUT2D eigenvalue weighted by Gasteiger charge is -1.88. The summed E-state index contributed by atoms with van der Waals surface area (Å²) in [5.74, 6) is 0. The Bertz CT molecular complexity index is 651. The Kier molecular flexibility index (Phi) is 55.8. The first-order chi connectivity index (χ1) is 19.3. The third kappa shape index (κ3) is 127. The van der Waals surface area contributed by atoms with Crippen molar-refractivity contribution < 1.29 is 26.3 Å². The maximum atomic E-state index is 11.0. The maximum Gasteiger partial charge on any atom is 0.268 e. The molecule has 0 aliphatic heterocycles. The van der Waals surface area contributed by atoms with E-state index >= 15 is 0 Å². The molecule has 0 radical (unpaired) electrons. The molecule has 0 aliphatic carbocycles. The fraction of sp³-hybridized carbons (Fsp3) is 0.579. The van der Waals surface area contributed by atoms with Gasteiger partial charge in [-0.25, -0.2) is 0 Å². The van der Waals surface area contributed by atoms with Gasteiger partial charge in [-0.3, -0.25) is 0 Å². The van der Waals surface area contributed by atoms with Gasteiger partial charge in [0.2, 0.25) is 0 Å². The molecule has 0 aliphatic rings. The quantitative estimate of drug-likeness (QED) is 0.183. The number of rotatable bonds is 0. The van der Waals surface area contributed by atoms with E-state index in [1.54, 1.807) is 0 Å². The van der Waals surface area contributed by atoms with Gasteiger partial charge in [0.05, 0.1) is 0 Å². The SMILES string of the molecule is C=C(C)C.C=C(F)F.CC(C)=C(C)C.CC(C)=C(C)C.CC(C)=C(C)C.CC(C)=C(C)C.CC(C)=C(F)F.CC(C)=C(F)F. The molecular weight excluding hydrogens is 570 g/mol. The van der Waals surface area contributed by atoms with Crippen LogP contribution < -0.4 is 0 Å². The highest BCUT2D eigenvalue weighted by Crippen LogP contribution is 2.04. The minimum Gasteiger partial charge on any atom is -0.174 e. The molecular formula is C38H70F6. The second kappa shape index (κ2) is 40.5. The van der Waals surface area contributed by atoms with Gasteiger partial charge in [0.25, 0.3) is 18.2 Å². The molecule has 6 heteroatoms. The van der Waals surface area contributed by atoms with Gasteiger partial charge in [-0.1, -0.05) is 50.2 Å². The van der Waals surface area contributed by atoms with Gasteiger partial charge >= 0.3 is 0 Å². The van der Waals surface area contributed by atoms with Crippen molar-refractivity contribution in [2.75, 3.05) is 0 Å². The molecule has 0 aromatic rings. The van der Waals surface area contributed by atoms with Crippen molar-refractivity contribution in [3.8, 4) is 0 Å². The second-order valence-corrected chi connectivity index (χ2v) is 12.1. The Morgan fingerprint density at radius 1 is 0.250 bits per heavy atom. The molecule has 0 aromatic heterocycles. The summed E-state index contributed by atoms with van der Waals surface area (Å²) in [5, 5.41) is 0. The maximum absolute atomic E-state index is 11.0. The van der Waals surface area contributed by atoms with Crippen molar-refractivity contribution in [1.29, 1.82) is 0 Å². The zero-order chi connectivity index (χ0) is 38.1. The normalized spacial score (nSPS) is 7.73. The summed E-state index contributed by atoms with van der Waals surface area (Å²) in [4.78, 5) is 0. The molecule has 264 valence electrons. The molecule has 0 amide bonds. The first-order valence-electron chi connectivity index (χ1n) is 14.3. The van der Waals surface area contributed by atoms with E-state index in [0.29, 0.717) is 0 Å². The summed E-state index contributed by atoms with van der Waals surface area (Å²) < 4.78 is 64.4. The highest BCUT2D eigenvalue weighted by molar-refractivity contribution is 5.03. The van der Waals surface area contributed by atoms with E-state index in [9.17, 15) is 26.3 Å². The van der Waals surface area contributed by atoms with Crippen LogP contribution in [-0.2, 0) is 0 Å². The smallest absolute Gasteiger partial charge is 0.174 e. The molecule has 0 bridgehead atoms. The molecule has 0 heterocycles. The molecule has 0 unspecified atom stereocenters. The van der Waals surface area contributed by atoms with Gasteiger partial charge in [-0.15, -0.1) is 6.58 Å². The van der Waals surface area contributed by atoms with Crippen molar-refractivity contribution in [1.82, 2.24) is 0 Å². The summed E-state index contributed by atoms with van der Waals surface area (Å²) in [7, 11) is 0. The highest BCUT2D eigenvalue weighted by Gasteiger charge is 1.87. The van der Waals surface area contributed by atoms with Gasteiger partial charge in [-0.05, 0) is 170 Å². The molecule has 0 saturated carbocycles. The third-order valence-electron chi connectivity index (χ3n) is 4.76. The fourth-order valence-corrected chi connectivity index (χ4v) is 0. The average Bonchev–Trinajstić information content (AvgIpc) is 2.79. The Hall–Kier alpha value is -2.50. The molecule has 0 spiro atoms. The molecule has 0 rings (SSSR count). The van der Waals surface area contributed by atoms with Crippen LogP contribution in [0.4, 0.5) is 26.3 Å². The summed E-state index contributed by atoms with van der Waals surface area (Å²) in [6.45, 7) is 49.1. The third-order valence-corrected chi connectivity index (χ3v) is 4.76. The Morgan fingerprint density at radius 2 is 0.295 bits per heavy atom. The number of hydrogen-bond acceptors (Lipinski definition) is 0. The van der Waals surface area contributed by atoms with Crippen molar-refractivity contribution in [2.45, 2.75) is 152 Å². The molecule has 0 nitrogen and oxygen atoms in total. The summed E-state index contributed by atoms with van der Waals surface area (Å²) in [5.41, 5.74) is 12.8. The summed E-state index contributed by atoms with van der Waals surface area (Å²) in [6.07, 6.45) is -4.98. The second-order valence-electron chi connectivity index (χ2n) is 12.1. The number of allylic oxidation sites excluding steroid dienone is 11. The van der Waals surface area contributed by atoms with Gasteiger partial charge in [0.15, 0.2) is 0 Å². The Morgan fingerprint density at radius 3 is 0.295 bits per heavy atom. The van der Waals surface area contributed by atoms with E-state index in [2.05, 4.69) is 124 Å². The van der Waals surface area contributed by atoms with Crippen molar-refractivity contribution in [3.05, 3.63) is 92.7 Å². The van der Waals surface area contributed by atoms with Crippen LogP contribution in [0.2, 0.25) is 0 Å². The lowest BCUT2D eigenvalue weighted by atomic mass is 10.2. The van der Waals surface area contributed by atoms with E-state index in [1.807, 2.05) is 13.8 Å². The minimum absolute atomic E-state index is 0.0926. The largest absolute Gasteiger partial charge is 0.268 e. The molecule has 0 fully saturated rings. The van der Waals surface area contributed by atoms with Crippen LogP contribution >= 0.6 is 0 Å². The van der Waals surface area contributed by atoms with Crippen molar-refractivity contribution >= 4 is 0 Å². The van der Waals surface area contributed by atoms with E-state index in [1.165, 1.54) is 77.9 Å². The standard InChI is InChI=1S/4C6H12.2C4H6F2.C4H8.C2H2F2/c4*1-5(2)6(3)4;2*1-3(2)4(5)6;1-4(2)3;1-2(3)4/h4*1-4H3;2*1-2H3;1H2,2-3H3;1H2. The van der Waals surface area contributed by atoms with E-state index in [4.69, 9.17) is 0 Å². The number of hydrogen-bond donors (Lipinski definition) is 0. The van der Waals surface area contributed by atoms with E-state index in [-0.39, 0.29) is 11.1 Å². The van der Waals surface area contributed by atoms with Crippen LogP contribution in [-0.4, -0.2) is 0 Å². The fourth-order valence-electron chi connectivity index (χ4n) is 0. The lowest BCUT2D eigenvalue weighted by Crippen LogP contribution is -1.66. The minimum atomic E-state index is -1.83. The van der Waals surface area contributed by atoms with Crippen LogP contribution in [0, 0.1) is 0 Å². The van der Waals surface area contributed by atoms with Gasteiger partial charge in [-0.2, -0.15) is 26.3 Å². The lowest BCUT2D eigenvalue weighted by molar-refractivity contribution is 0.411. The molecule has 0 saturated heterocycles. The van der Waals surface area contributed by atoms with Gasteiger partial charge in [0, 0.05) is 0 Å². The van der Waals surface area contributed by atoms with Crippen LogP contribution in [0.25, 0.3) is 0 Å². The Labute approximate surface area is 271 Å². The molecule has 0 atom stereocenters. The Balaban J connectivity index is -0.0000000564. The first-order valence-corrected chi connectivity index (χ1v) is 14.3. The molecule has 44 heavy (non-hydrogen) atoms.